The molecule has 4 nitrogen and oxygen atoms in total. The van der Waals surface area contributed by atoms with E-state index in [1.807, 2.05) is 18.2 Å². The van der Waals surface area contributed by atoms with Crippen LogP contribution in [-0.4, -0.2) is 43.8 Å². The van der Waals surface area contributed by atoms with Crippen molar-refractivity contribution in [3.8, 4) is 0 Å². The summed E-state index contributed by atoms with van der Waals surface area (Å²) >= 11 is 0. The van der Waals surface area contributed by atoms with Crippen LogP contribution in [-0.2, 0) is 16.6 Å². The van der Waals surface area contributed by atoms with Crippen molar-refractivity contribution in [3.05, 3.63) is 66.0 Å². The number of rotatable bonds is 4. The smallest absolute Gasteiger partial charge is 0.243 e. The van der Waals surface area contributed by atoms with Gasteiger partial charge in [-0.15, -0.1) is 0 Å². The van der Waals surface area contributed by atoms with E-state index in [0.29, 0.717) is 41.9 Å². The molecule has 2 aliphatic heterocycles. The number of halogens is 1. The molecule has 2 saturated heterocycles. The first-order valence-corrected chi connectivity index (χ1v) is 9.99. The molecule has 4 rings (SSSR count). The van der Waals surface area contributed by atoms with Crippen molar-refractivity contribution in [3.63, 3.8) is 0 Å². The molecule has 0 aliphatic carbocycles. The fourth-order valence-corrected chi connectivity index (χ4v) is 5.56. The average Bonchev–Trinajstić information content (AvgIpc) is 3.17. The number of hydrogen-bond acceptors (Lipinski definition) is 3. The highest BCUT2D eigenvalue weighted by Gasteiger charge is 2.44. The molecular weight excluding hydrogens is 339 g/mol. The molecule has 2 heterocycles. The van der Waals surface area contributed by atoms with Crippen molar-refractivity contribution >= 4 is 10.0 Å². The van der Waals surface area contributed by atoms with E-state index in [-0.39, 0.29) is 5.82 Å². The molecule has 0 spiro atoms. The van der Waals surface area contributed by atoms with Gasteiger partial charge in [0.15, 0.2) is 0 Å². The van der Waals surface area contributed by atoms with Gasteiger partial charge in [-0.05, 0) is 30.0 Å². The quantitative estimate of drug-likeness (QED) is 0.841. The molecule has 2 fully saturated rings. The lowest BCUT2D eigenvalue weighted by Crippen LogP contribution is -2.33. The van der Waals surface area contributed by atoms with Gasteiger partial charge in [-0.2, -0.15) is 4.31 Å². The molecule has 0 amide bonds. The molecule has 2 aromatic rings. The maximum absolute atomic E-state index is 13.8. The van der Waals surface area contributed by atoms with E-state index in [0.717, 1.165) is 13.1 Å². The molecule has 0 radical (unpaired) electrons. The predicted molar refractivity (Wildman–Crippen MR) is 93.9 cm³/mol. The molecule has 0 bridgehead atoms. The monoisotopic (exact) mass is 360 g/mol. The summed E-state index contributed by atoms with van der Waals surface area (Å²) in [5.41, 5.74) is 0.705. The summed E-state index contributed by atoms with van der Waals surface area (Å²) in [5.74, 6) is 0.475. The first-order chi connectivity index (χ1) is 12.0. The Morgan fingerprint density at radius 1 is 0.880 bits per heavy atom. The van der Waals surface area contributed by atoms with E-state index in [9.17, 15) is 12.8 Å². The average molecular weight is 360 g/mol. The van der Waals surface area contributed by atoms with Crippen LogP contribution in [0.5, 0.6) is 0 Å². The van der Waals surface area contributed by atoms with Crippen LogP contribution in [0.2, 0.25) is 0 Å². The van der Waals surface area contributed by atoms with Gasteiger partial charge in [-0.3, -0.25) is 4.90 Å². The Hall–Kier alpha value is -1.76. The van der Waals surface area contributed by atoms with Gasteiger partial charge in [-0.25, -0.2) is 12.8 Å². The van der Waals surface area contributed by atoms with Crippen molar-refractivity contribution in [1.82, 2.24) is 9.21 Å². The first-order valence-electron chi connectivity index (χ1n) is 8.55. The second kappa shape index (κ2) is 6.52. The predicted octanol–water partition coefficient (Wildman–Crippen LogP) is 2.58. The lowest BCUT2D eigenvalue weighted by atomic mass is 10.0. The highest BCUT2D eigenvalue weighted by molar-refractivity contribution is 7.89. The van der Waals surface area contributed by atoms with E-state index in [2.05, 4.69) is 4.90 Å². The fourth-order valence-electron chi connectivity index (χ4n) is 3.98. The molecule has 132 valence electrons. The van der Waals surface area contributed by atoms with Crippen LogP contribution in [0, 0.1) is 17.7 Å². The zero-order chi connectivity index (χ0) is 17.4. The summed E-state index contributed by atoms with van der Waals surface area (Å²) in [7, 11) is -3.41. The summed E-state index contributed by atoms with van der Waals surface area (Å²) < 4.78 is 40.9. The number of fused-ring (bicyclic) bond motifs is 1. The molecule has 0 aromatic heterocycles. The first kappa shape index (κ1) is 16.7. The molecule has 2 atom stereocenters. The number of benzene rings is 2. The van der Waals surface area contributed by atoms with Crippen molar-refractivity contribution in [2.75, 3.05) is 26.2 Å². The van der Waals surface area contributed by atoms with Crippen LogP contribution < -0.4 is 0 Å². The van der Waals surface area contributed by atoms with Crippen LogP contribution in [0.3, 0.4) is 0 Å². The zero-order valence-corrected chi connectivity index (χ0v) is 14.7. The molecule has 2 aliphatic rings. The molecule has 2 aromatic carbocycles. The minimum absolute atomic E-state index is 0.173. The van der Waals surface area contributed by atoms with Gasteiger partial charge < -0.3 is 0 Å². The van der Waals surface area contributed by atoms with Gasteiger partial charge >= 0.3 is 0 Å². The third-order valence-corrected chi connectivity index (χ3v) is 7.11. The Kier molecular flexibility index (Phi) is 4.35. The number of sulfonamides is 1. The summed E-state index contributed by atoms with van der Waals surface area (Å²) in [5, 5.41) is 0. The standard InChI is InChI=1S/C19H21FN2O2S/c20-19-9-5-4-6-15(19)10-21-11-16-13-22(14-17(16)12-21)25(23,24)18-7-2-1-3-8-18/h1-9,16-17H,10-14H2. The second-order valence-electron chi connectivity index (χ2n) is 6.94. The summed E-state index contributed by atoms with van der Waals surface area (Å²) in [6.07, 6.45) is 0. The Balaban J connectivity index is 1.42. The lowest BCUT2D eigenvalue weighted by Gasteiger charge is -2.21. The highest BCUT2D eigenvalue weighted by Crippen LogP contribution is 2.34. The van der Waals surface area contributed by atoms with Crippen LogP contribution in [0.1, 0.15) is 5.56 Å². The van der Waals surface area contributed by atoms with Gasteiger partial charge in [0.1, 0.15) is 5.82 Å². The molecule has 25 heavy (non-hydrogen) atoms. The van der Waals surface area contributed by atoms with E-state index in [1.165, 1.54) is 6.07 Å². The topological polar surface area (TPSA) is 40.6 Å². The maximum atomic E-state index is 13.8. The summed E-state index contributed by atoms with van der Waals surface area (Å²) in [6, 6.07) is 15.5. The van der Waals surface area contributed by atoms with Gasteiger partial charge in [-0.1, -0.05) is 36.4 Å². The molecule has 2 unspecified atom stereocenters. The third kappa shape index (κ3) is 3.21. The van der Waals surface area contributed by atoms with Gasteiger partial charge in [0.2, 0.25) is 10.0 Å². The Labute approximate surface area is 147 Å². The normalized spacial score (nSPS) is 24.5. The summed E-state index contributed by atoms with van der Waals surface area (Å²) in [6.45, 7) is 3.33. The summed E-state index contributed by atoms with van der Waals surface area (Å²) in [4.78, 5) is 2.60. The SMILES string of the molecule is O=S(=O)(c1ccccc1)N1CC2CN(Cc3ccccc3F)CC2C1. The zero-order valence-electron chi connectivity index (χ0n) is 13.9. The minimum atomic E-state index is -3.41. The Bertz CT molecular complexity index is 843. The number of nitrogens with zero attached hydrogens (tertiary/aromatic N) is 2. The van der Waals surface area contributed by atoms with Crippen LogP contribution in [0.4, 0.5) is 4.39 Å². The number of hydrogen-bond donors (Lipinski definition) is 0. The second-order valence-corrected chi connectivity index (χ2v) is 8.88. The van der Waals surface area contributed by atoms with E-state index >= 15 is 0 Å². The van der Waals surface area contributed by atoms with E-state index in [4.69, 9.17) is 0 Å². The Morgan fingerprint density at radius 2 is 1.48 bits per heavy atom. The fraction of sp³-hybridized carbons (Fsp3) is 0.368. The molecule has 6 heteroatoms. The van der Waals surface area contributed by atoms with Crippen LogP contribution in [0.15, 0.2) is 59.5 Å². The molecule has 0 saturated carbocycles. The largest absolute Gasteiger partial charge is 0.298 e. The van der Waals surface area contributed by atoms with Crippen molar-refractivity contribution in [2.24, 2.45) is 11.8 Å². The van der Waals surface area contributed by atoms with E-state index < -0.39 is 10.0 Å². The lowest BCUT2D eigenvalue weighted by molar-refractivity contribution is 0.286. The van der Waals surface area contributed by atoms with Crippen molar-refractivity contribution in [2.45, 2.75) is 11.4 Å². The van der Waals surface area contributed by atoms with Crippen LogP contribution >= 0.6 is 0 Å². The highest BCUT2D eigenvalue weighted by atomic mass is 32.2. The molecular formula is C19H21FN2O2S. The third-order valence-electron chi connectivity index (χ3n) is 5.26. The minimum Gasteiger partial charge on any atom is -0.298 e. The van der Waals surface area contributed by atoms with Gasteiger partial charge in [0.25, 0.3) is 0 Å². The van der Waals surface area contributed by atoms with Crippen molar-refractivity contribution in [1.29, 1.82) is 0 Å². The van der Waals surface area contributed by atoms with Crippen molar-refractivity contribution < 1.29 is 12.8 Å². The van der Waals surface area contributed by atoms with Gasteiger partial charge in [0, 0.05) is 38.3 Å². The maximum Gasteiger partial charge on any atom is 0.243 e. The Morgan fingerprint density at radius 3 is 2.12 bits per heavy atom. The molecule has 0 N–H and O–H groups in total. The van der Waals surface area contributed by atoms with Gasteiger partial charge in [0.05, 0.1) is 4.90 Å². The van der Waals surface area contributed by atoms with Crippen LogP contribution in [0.25, 0.3) is 0 Å². The number of likely N-dealkylation sites (tertiary alicyclic amines) is 1. The van der Waals surface area contributed by atoms with E-state index in [1.54, 1.807) is 34.6 Å².